The molecular formula is C18H28N2O2S. The van der Waals surface area contributed by atoms with Gasteiger partial charge in [0.1, 0.15) is 0 Å². The van der Waals surface area contributed by atoms with Gasteiger partial charge >= 0.3 is 0 Å². The third-order valence-corrected chi connectivity index (χ3v) is 8.22. The first-order chi connectivity index (χ1) is 10.7. The minimum absolute atomic E-state index is 0.409. The van der Waals surface area contributed by atoms with Crippen molar-refractivity contribution in [1.82, 2.24) is 9.21 Å². The van der Waals surface area contributed by atoms with Crippen molar-refractivity contribution >= 4 is 10.0 Å². The lowest BCUT2D eigenvalue weighted by Crippen LogP contribution is -2.52. The molecule has 1 unspecified atom stereocenters. The maximum atomic E-state index is 13.3. The van der Waals surface area contributed by atoms with Gasteiger partial charge in [-0.15, -0.1) is 0 Å². The van der Waals surface area contributed by atoms with Crippen LogP contribution in [0.25, 0.3) is 0 Å². The monoisotopic (exact) mass is 336 g/mol. The molecule has 2 saturated heterocycles. The van der Waals surface area contributed by atoms with E-state index < -0.39 is 10.0 Å². The van der Waals surface area contributed by atoms with Crippen LogP contribution in [-0.2, 0) is 10.0 Å². The van der Waals surface area contributed by atoms with Crippen molar-refractivity contribution in [3.05, 3.63) is 27.8 Å². The number of fused-ring (bicyclic) bond motifs is 1. The quantitative estimate of drug-likeness (QED) is 0.834. The predicted molar refractivity (Wildman–Crippen MR) is 93.5 cm³/mol. The normalized spacial score (nSPS) is 23.3. The van der Waals surface area contributed by atoms with E-state index in [1.54, 1.807) is 4.31 Å². The van der Waals surface area contributed by atoms with Crippen LogP contribution in [0, 0.1) is 34.6 Å². The largest absolute Gasteiger partial charge is 0.298 e. The van der Waals surface area contributed by atoms with Gasteiger partial charge in [-0.05, 0) is 81.8 Å². The van der Waals surface area contributed by atoms with Crippen LogP contribution in [-0.4, -0.2) is 49.8 Å². The van der Waals surface area contributed by atoms with Crippen molar-refractivity contribution in [1.29, 1.82) is 0 Å². The van der Waals surface area contributed by atoms with Crippen LogP contribution in [0.3, 0.4) is 0 Å². The number of piperazine rings is 1. The highest BCUT2D eigenvalue weighted by molar-refractivity contribution is 7.89. The van der Waals surface area contributed by atoms with E-state index in [2.05, 4.69) is 11.8 Å². The average molecular weight is 337 g/mol. The summed E-state index contributed by atoms with van der Waals surface area (Å²) in [6, 6.07) is 0.409. The van der Waals surface area contributed by atoms with Crippen molar-refractivity contribution in [3.63, 3.8) is 0 Å². The highest BCUT2D eigenvalue weighted by atomic mass is 32.2. The molecule has 0 bridgehead atoms. The summed E-state index contributed by atoms with van der Waals surface area (Å²) in [5, 5.41) is 0. The Morgan fingerprint density at radius 3 is 2.00 bits per heavy atom. The molecule has 128 valence electrons. The predicted octanol–water partition coefficient (Wildman–Crippen LogP) is 2.70. The molecule has 0 radical (unpaired) electrons. The van der Waals surface area contributed by atoms with Crippen LogP contribution in [0.2, 0.25) is 0 Å². The molecule has 5 heteroatoms. The van der Waals surface area contributed by atoms with E-state index in [1.165, 1.54) is 12.0 Å². The van der Waals surface area contributed by atoms with Gasteiger partial charge in [0.2, 0.25) is 10.0 Å². The molecule has 0 spiro atoms. The molecule has 3 rings (SSSR count). The Labute approximate surface area is 140 Å². The minimum Gasteiger partial charge on any atom is -0.298 e. The molecule has 0 amide bonds. The summed E-state index contributed by atoms with van der Waals surface area (Å²) in [4.78, 5) is 2.99. The van der Waals surface area contributed by atoms with E-state index in [0.717, 1.165) is 41.8 Å². The summed E-state index contributed by atoms with van der Waals surface area (Å²) in [5.74, 6) is 0. The summed E-state index contributed by atoms with van der Waals surface area (Å²) in [6.07, 6.45) is 2.31. The Morgan fingerprint density at radius 1 is 0.826 bits per heavy atom. The molecule has 4 nitrogen and oxygen atoms in total. The number of rotatable bonds is 2. The van der Waals surface area contributed by atoms with E-state index in [9.17, 15) is 8.42 Å². The van der Waals surface area contributed by atoms with E-state index in [1.807, 2.05) is 27.7 Å². The molecule has 2 heterocycles. The van der Waals surface area contributed by atoms with E-state index in [0.29, 0.717) is 24.0 Å². The Kier molecular flexibility index (Phi) is 4.32. The first kappa shape index (κ1) is 16.9. The first-order valence-electron chi connectivity index (χ1n) is 8.56. The van der Waals surface area contributed by atoms with Crippen molar-refractivity contribution in [2.75, 3.05) is 26.2 Å². The molecule has 0 aromatic heterocycles. The Balaban J connectivity index is 2.04. The third-order valence-electron chi connectivity index (χ3n) is 6.08. The molecule has 0 N–H and O–H groups in total. The number of hydrogen-bond acceptors (Lipinski definition) is 3. The maximum Gasteiger partial charge on any atom is 0.243 e. The zero-order chi connectivity index (χ0) is 16.9. The molecular weight excluding hydrogens is 308 g/mol. The lowest BCUT2D eigenvalue weighted by atomic mass is 9.95. The Morgan fingerprint density at radius 2 is 1.39 bits per heavy atom. The van der Waals surface area contributed by atoms with Gasteiger partial charge in [-0.3, -0.25) is 4.90 Å². The highest BCUT2D eigenvalue weighted by Gasteiger charge is 2.37. The minimum atomic E-state index is -3.42. The van der Waals surface area contributed by atoms with Crippen LogP contribution >= 0.6 is 0 Å². The number of nitrogens with zero attached hydrogens (tertiary/aromatic N) is 2. The SMILES string of the molecule is Cc1c(C)c(C)c(S(=O)(=O)N2CCN3CCCC3C2)c(C)c1C. The smallest absolute Gasteiger partial charge is 0.243 e. The van der Waals surface area contributed by atoms with Gasteiger partial charge < -0.3 is 0 Å². The zero-order valence-electron chi connectivity index (χ0n) is 14.9. The number of hydrogen-bond donors (Lipinski definition) is 0. The van der Waals surface area contributed by atoms with Gasteiger partial charge in [0.15, 0.2) is 0 Å². The summed E-state index contributed by atoms with van der Waals surface area (Å²) >= 11 is 0. The average Bonchev–Trinajstić information content (AvgIpc) is 2.98. The van der Waals surface area contributed by atoms with Gasteiger partial charge in [-0.1, -0.05) is 0 Å². The molecule has 2 aliphatic rings. The topological polar surface area (TPSA) is 40.6 Å². The van der Waals surface area contributed by atoms with E-state index >= 15 is 0 Å². The van der Waals surface area contributed by atoms with Crippen LogP contribution in [0.4, 0.5) is 0 Å². The lowest BCUT2D eigenvalue weighted by Gasteiger charge is -2.37. The molecule has 1 aromatic rings. The lowest BCUT2D eigenvalue weighted by molar-refractivity contribution is 0.158. The van der Waals surface area contributed by atoms with Crippen molar-refractivity contribution < 1.29 is 8.42 Å². The van der Waals surface area contributed by atoms with Crippen LogP contribution in [0.15, 0.2) is 4.90 Å². The molecule has 2 aliphatic heterocycles. The second-order valence-electron chi connectivity index (χ2n) is 7.15. The Hall–Kier alpha value is -0.910. The molecule has 2 fully saturated rings. The summed E-state index contributed by atoms with van der Waals surface area (Å²) in [5.41, 5.74) is 5.25. The Bertz CT molecular complexity index is 711. The standard InChI is InChI=1S/C18H28N2O2S/c1-12-13(2)15(4)18(16(5)14(12)3)23(21,22)20-10-9-19-8-6-7-17(19)11-20/h17H,6-11H2,1-5H3. The number of benzene rings is 1. The second-order valence-corrected chi connectivity index (χ2v) is 9.02. The highest BCUT2D eigenvalue weighted by Crippen LogP contribution is 2.33. The van der Waals surface area contributed by atoms with Crippen molar-refractivity contribution in [3.8, 4) is 0 Å². The van der Waals surface area contributed by atoms with Gasteiger partial charge in [0.25, 0.3) is 0 Å². The maximum absolute atomic E-state index is 13.3. The third kappa shape index (κ3) is 2.63. The van der Waals surface area contributed by atoms with Crippen LogP contribution in [0.5, 0.6) is 0 Å². The van der Waals surface area contributed by atoms with E-state index in [4.69, 9.17) is 0 Å². The fraction of sp³-hybridized carbons (Fsp3) is 0.667. The van der Waals surface area contributed by atoms with Crippen LogP contribution in [0.1, 0.15) is 40.7 Å². The summed E-state index contributed by atoms with van der Waals surface area (Å²) in [7, 11) is -3.42. The summed E-state index contributed by atoms with van der Waals surface area (Å²) in [6.45, 7) is 13.3. The zero-order valence-corrected chi connectivity index (χ0v) is 15.8. The van der Waals surface area contributed by atoms with Crippen molar-refractivity contribution in [2.24, 2.45) is 0 Å². The molecule has 0 saturated carbocycles. The molecule has 23 heavy (non-hydrogen) atoms. The van der Waals surface area contributed by atoms with Gasteiger partial charge in [-0.25, -0.2) is 8.42 Å². The van der Waals surface area contributed by atoms with Gasteiger partial charge in [-0.2, -0.15) is 4.31 Å². The molecule has 1 aromatic carbocycles. The second kappa shape index (κ2) is 5.87. The summed E-state index contributed by atoms with van der Waals surface area (Å²) < 4.78 is 28.4. The van der Waals surface area contributed by atoms with Gasteiger partial charge in [0, 0.05) is 25.7 Å². The first-order valence-corrected chi connectivity index (χ1v) is 10.00. The van der Waals surface area contributed by atoms with E-state index in [-0.39, 0.29) is 0 Å². The fourth-order valence-corrected chi connectivity index (χ4v) is 6.19. The van der Waals surface area contributed by atoms with Crippen molar-refractivity contribution in [2.45, 2.75) is 58.4 Å². The number of sulfonamides is 1. The molecule has 1 atom stereocenters. The molecule has 0 aliphatic carbocycles. The fourth-order valence-electron chi connectivity index (χ4n) is 4.16. The van der Waals surface area contributed by atoms with Gasteiger partial charge in [0.05, 0.1) is 4.90 Å². The van der Waals surface area contributed by atoms with Crippen LogP contribution < -0.4 is 0 Å².